The number of hydrogen-bond donors (Lipinski definition) is 3. The maximum absolute atomic E-state index is 12.7. The standard InChI is InChI=1S/C24H31N3O4/c1-4-17(3)19-8-6-7-9-20(19)26-24(29)16-27(5-2)15-23(28)25-18-10-11-21-22(14-18)31-13-12-30-21/h6-11,14,17H,4-5,12-13,15-16H2,1-3H3,(H,25,28)(H,26,29)/p+1/t17-/m1/s1. The molecule has 7 heteroatoms. The van der Waals surface area contributed by atoms with Gasteiger partial charge in [0.15, 0.2) is 24.6 Å². The molecule has 0 saturated carbocycles. The quantitative estimate of drug-likeness (QED) is 0.575. The van der Waals surface area contributed by atoms with Gasteiger partial charge in [0.2, 0.25) is 0 Å². The Balaban J connectivity index is 1.55. The van der Waals surface area contributed by atoms with Crippen molar-refractivity contribution in [3.63, 3.8) is 0 Å². The van der Waals surface area contributed by atoms with E-state index in [9.17, 15) is 9.59 Å². The molecule has 3 N–H and O–H groups in total. The predicted molar refractivity (Wildman–Crippen MR) is 121 cm³/mol. The van der Waals surface area contributed by atoms with E-state index in [0.717, 1.165) is 22.6 Å². The van der Waals surface area contributed by atoms with Gasteiger partial charge in [-0.15, -0.1) is 0 Å². The maximum Gasteiger partial charge on any atom is 0.279 e. The Morgan fingerprint density at radius 3 is 2.35 bits per heavy atom. The van der Waals surface area contributed by atoms with Gasteiger partial charge in [-0.1, -0.05) is 32.0 Å². The lowest BCUT2D eigenvalue weighted by Gasteiger charge is -2.20. The molecule has 1 unspecified atom stereocenters. The number of likely N-dealkylation sites (N-methyl/N-ethyl adjacent to an activating group) is 1. The van der Waals surface area contributed by atoms with Crippen molar-refractivity contribution in [1.82, 2.24) is 0 Å². The van der Waals surface area contributed by atoms with E-state index in [1.165, 1.54) is 0 Å². The highest BCUT2D eigenvalue weighted by atomic mass is 16.6. The molecule has 0 aliphatic carbocycles. The number of benzene rings is 2. The van der Waals surface area contributed by atoms with Crippen LogP contribution < -0.4 is 25.0 Å². The van der Waals surface area contributed by atoms with E-state index in [1.807, 2.05) is 25.1 Å². The third kappa shape index (κ3) is 6.21. The second kappa shape index (κ2) is 10.8. The SMILES string of the molecule is CC[C@@H](C)c1ccccc1NC(=O)C[NH+](CC)CC(=O)Nc1ccc2c(c1)OCCO2. The van der Waals surface area contributed by atoms with E-state index in [2.05, 4.69) is 30.5 Å². The second-order valence-electron chi connectivity index (χ2n) is 7.81. The third-order valence-electron chi connectivity index (χ3n) is 5.53. The van der Waals surface area contributed by atoms with Crippen molar-refractivity contribution in [2.75, 3.05) is 43.5 Å². The van der Waals surface area contributed by atoms with E-state index in [4.69, 9.17) is 9.47 Å². The van der Waals surface area contributed by atoms with Crippen LogP contribution in [0, 0.1) is 0 Å². The van der Waals surface area contributed by atoms with E-state index < -0.39 is 0 Å². The molecule has 2 amide bonds. The number of quaternary nitrogens is 1. The van der Waals surface area contributed by atoms with E-state index in [0.29, 0.717) is 42.9 Å². The number of anilines is 2. The average Bonchev–Trinajstić information content (AvgIpc) is 2.78. The number of carbonyl (C=O) groups excluding carboxylic acids is 2. The monoisotopic (exact) mass is 426 g/mol. The molecule has 3 rings (SSSR count). The Kier molecular flexibility index (Phi) is 7.89. The molecule has 2 atom stereocenters. The smallest absolute Gasteiger partial charge is 0.279 e. The Morgan fingerprint density at radius 2 is 1.65 bits per heavy atom. The highest BCUT2D eigenvalue weighted by molar-refractivity contribution is 5.93. The van der Waals surface area contributed by atoms with Gasteiger partial charge < -0.3 is 25.0 Å². The zero-order valence-corrected chi connectivity index (χ0v) is 18.5. The average molecular weight is 427 g/mol. The minimum atomic E-state index is -0.152. The van der Waals surface area contributed by atoms with Crippen molar-refractivity contribution in [1.29, 1.82) is 0 Å². The third-order valence-corrected chi connectivity index (χ3v) is 5.53. The highest BCUT2D eigenvalue weighted by Crippen LogP contribution is 2.32. The van der Waals surface area contributed by atoms with Gasteiger partial charge in [-0.05, 0) is 43.0 Å². The zero-order valence-electron chi connectivity index (χ0n) is 18.5. The molecule has 31 heavy (non-hydrogen) atoms. The first-order valence-corrected chi connectivity index (χ1v) is 10.9. The van der Waals surface area contributed by atoms with Crippen LogP contribution >= 0.6 is 0 Å². The summed E-state index contributed by atoms with van der Waals surface area (Å²) in [4.78, 5) is 26.1. The van der Waals surface area contributed by atoms with Gasteiger partial charge in [0.1, 0.15) is 13.2 Å². The molecule has 0 saturated heterocycles. The Bertz CT molecular complexity index is 915. The van der Waals surface area contributed by atoms with Gasteiger partial charge in [0.25, 0.3) is 11.8 Å². The summed E-state index contributed by atoms with van der Waals surface area (Å²) in [7, 11) is 0. The van der Waals surface area contributed by atoms with Crippen molar-refractivity contribution < 1.29 is 24.0 Å². The topological polar surface area (TPSA) is 81.1 Å². The van der Waals surface area contributed by atoms with Crippen LogP contribution in [-0.2, 0) is 9.59 Å². The van der Waals surface area contributed by atoms with Crippen LogP contribution in [0.25, 0.3) is 0 Å². The molecule has 166 valence electrons. The van der Waals surface area contributed by atoms with Crippen LogP contribution in [0.1, 0.15) is 38.7 Å². The Labute approximate surface area is 183 Å². The lowest BCUT2D eigenvalue weighted by molar-refractivity contribution is -0.881. The molecule has 1 aliphatic heterocycles. The summed E-state index contributed by atoms with van der Waals surface area (Å²) in [6.07, 6.45) is 0.999. The molecule has 2 aromatic carbocycles. The molecule has 0 radical (unpaired) electrons. The van der Waals surface area contributed by atoms with Crippen molar-refractivity contribution in [3.05, 3.63) is 48.0 Å². The normalized spacial score (nSPS) is 14.4. The summed E-state index contributed by atoms with van der Waals surface area (Å²) >= 11 is 0. The second-order valence-corrected chi connectivity index (χ2v) is 7.81. The van der Waals surface area contributed by atoms with Gasteiger partial charge in [0, 0.05) is 17.4 Å². The number of para-hydroxylation sites is 1. The maximum atomic E-state index is 12.7. The number of amides is 2. The van der Waals surface area contributed by atoms with E-state index >= 15 is 0 Å². The minimum Gasteiger partial charge on any atom is -0.486 e. The number of rotatable bonds is 9. The summed E-state index contributed by atoms with van der Waals surface area (Å²) in [6.45, 7) is 8.35. The van der Waals surface area contributed by atoms with Gasteiger partial charge in [-0.25, -0.2) is 0 Å². The van der Waals surface area contributed by atoms with E-state index in [-0.39, 0.29) is 24.9 Å². The lowest BCUT2D eigenvalue weighted by atomic mass is 9.97. The zero-order chi connectivity index (χ0) is 22.2. The fourth-order valence-corrected chi connectivity index (χ4v) is 3.55. The predicted octanol–water partition coefficient (Wildman–Crippen LogP) is 2.45. The number of hydrogen-bond acceptors (Lipinski definition) is 4. The van der Waals surface area contributed by atoms with Crippen LogP contribution in [0.5, 0.6) is 11.5 Å². The first kappa shape index (κ1) is 22.6. The van der Waals surface area contributed by atoms with Gasteiger partial charge in [0.05, 0.1) is 6.54 Å². The van der Waals surface area contributed by atoms with Crippen molar-refractivity contribution in [2.24, 2.45) is 0 Å². The molecular formula is C24H32N3O4+. The molecule has 1 aliphatic rings. The molecule has 7 nitrogen and oxygen atoms in total. The molecule has 0 bridgehead atoms. The molecule has 2 aromatic rings. The van der Waals surface area contributed by atoms with Crippen LogP contribution in [-0.4, -0.2) is 44.7 Å². The largest absolute Gasteiger partial charge is 0.486 e. The summed E-state index contributed by atoms with van der Waals surface area (Å²) in [6, 6.07) is 13.2. The number of carbonyl (C=O) groups is 2. The minimum absolute atomic E-state index is 0.0975. The Hall–Kier alpha value is -3.06. The number of nitrogens with one attached hydrogen (secondary N) is 3. The molecular weight excluding hydrogens is 394 g/mol. The highest BCUT2D eigenvalue weighted by Gasteiger charge is 2.19. The number of fused-ring (bicyclic) bond motifs is 1. The summed E-state index contributed by atoms with van der Waals surface area (Å²) in [5.74, 6) is 1.42. The summed E-state index contributed by atoms with van der Waals surface area (Å²) in [5.41, 5.74) is 2.63. The van der Waals surface area contributed by atoms with Crippen LogP contribution in [0.3, 0.4) is 0 Å². The first-order valence-electron chi connectivity index (χ1n) is 10.9. The first-order chi connectivity index (χ1) is 15.0. The summed E-state index contributed by atoms with van der Waals surface area (Å²) in [5, 5.41) is 5.91. The molecule has 0 aromatic heterocycles. The fourth-order valence-electron chi connectivity index (χ4n) is 3.55. The van der Waals surface area contributed by atoms with Crippen LogP contribution in [0.2, 0.25) is 0 Å². The van der Waals surface area contributed by atoms with Crippen molar-refractivity contribution in [2.45, 2.75) is 33.1 Å². The van der Waals surface area contributed by atoms with Crippen LogP contribution in [0.4, 0.5) is 11.4 Å². The van der Waals surface area contributed by atoms with Gasteiger partial charge >= 0.3 is 0 Å². The van der Waals surface area contributed by atoms with Gasteiger partial charge in [-0.2, -0.15) is 0 Å². The number of ether oxygens (including phenoxy) is 2. The van der Waals surface area contributed by atoms with E-state index in [1.54, 1.807) is 18.2 Å². The molecule has 1 heterocycles. The summed E-state index contributed by atoms with van der Waals surface area (Å²) < 4.78 is 11.1. The van der Waals surface area contributed by atoms with Gasteiger partial charge in [-0.3, -0.25) is 9.59 Å². The fraction of sp³-hybridized carbons (Fsp3) is 0.417. The van der Waals surface area contributed by atoms with Crippen LogP contribution in [0.15, 0.2) is 42.5 Å². The van der Waals surface area contributed by atoms with Crippen molar-refractivity contribution in [3.8, 4) is 11.5 Å². The lowest BCUT2D eigenvalue weighted by Crippen LogP contribution is -3.13. The Morgan fingerprint density at radius 1 is 0.968 bits per heavy atom. The molecule has 0 spiro atoms. The molecule has 0 fully saturated rings. The van der Waals surface area contributed by atoms with Crippen molar-refractivity contribution >= 4 is 23.2 Å².